The maximum Gasteiger partial charge on any atom is 0.123 e. The second-order valence-electron chi connectivity index (χ2n) is 8.16. The summed E-state index contributed by atoms with van der Waals surface area (Å²) < 4.78 is 27.8. The molecule has 6 heteroatoms. The fourth-order valence-corrected chi connectivity index (χ4v) is 4.11. The molecule has 2 heterocycles. The molecule has 0 bridgehead atoms. The van der Waals surface area contributed by atoms with E-state index in [1.165, 1.54) is 24.3 Å². The third kappa shape index (κ3) is 5.72. The van der Waals surface area contributed by atoms with Gasteiger partial charge in [0.25, 0.3) is 0 Å². The quantitative estimate of drug-likeness (QED) is 0.468. The molecule has 3 aromatic rings. The van der Waals surface area contributed by atoms with E-state index in [9.17, 15) is 8.78 Å². The van der Waals surface area contributed by atoms with E-state index < -0.39 is 0 Å². The van der Waals surface area contributed by atoms with Crippen LogP contribution >= 0.6 is 0 Å². The van der Waals surface area contributed by atoms with Crippen molar-refractivity contribution in [2.45, 2.75) is 6.54 Å². The average molecular weight is 447 g/mol. The Morgan fingerprint density at radius 3 is 2.21 bits per heavy atom. The van der Waals surface area contributed by atoms with Crippen LogP contribution < -0.4 is 0 Å². The van der Waals surface area contributed by atoms with Crippen LogP contribution in [-0.2, 0) is 6.54 Å². The molecule has 0 spiro atoms. The zero-order valence-electron chi connectivity index (χ0n) is 18.6. The molecular formula is C27H28F2N4. The second-order valence-corrected chi connectivity index (χ2v) is 8.16. The summed E-state index contributed by atoms with van der Waals surface area (Å²) in [7, 11) is 0. The molecule has 4 nitrogen and oxygen atoms in total. The first-order valence-electron chi connectivity index (χ1n) is 11.0. The molecule has 0 saturated carbocycles. The van der Waals surface area contributed by atoms with Gasteiger partial charge in [-0.15, -0.1) is 0 Å². The number of aromatic amines is 1. The minimum Gasteiger partial charge on any atom is -0.340 e. The number of imidazole rings is 1. The molecule has 0 radical (unpaired) electrons. The van der Waals surface area contributed by atoms with Gasteiger partial charge in [0.1, 0.15) is 17.5 Å². The van der Waals surface area contributed by atoms with Crippen molar-refractivity contribution in [3.63, 3.8) is 0 Å². The summed E-state index contributed by atoms with van der Waals surface area (Å²) in [4.78, 5) is 12.9. The summed E-state index contributed by atoms with van der Waals surface area (Å²) in [5, 5.41) is 0. The summed E-state index contributed by atoms with van der Waals surface area (Å²) in [6.07, 6.45) is 5.65. The molecule has 1 aliphatic heterocycles. The van der Waals surface area contributed by atoms with Crippen molar-refractivity contribution in [3.05, 3.63) is 103 Å². The molecular weight excluding hydrogens is 418 g/mol. The summed E-state index contributed by atoms with van der Waals surface area (Å²) >= 11 is 0. The first-order chi connectivity index (χ1) is 16.1. The maximum absolute atomic E-state index is 13.9. The average Bonchev–Trinajstić information content (AvgIpc) is 3.24. The summed E-state index contributed by atoms with van der Waals surface area (Å²) in [5.74, 6) is 0.123. The van der Waals surface area contributed by atoms with Crippen molar-refractivity contribution in [1.29, 1.82) is 0 Å². The fourth-order valence-electron chi connectivity index (χ4n) is 4.11. The number of nitrogens with one attached hydrogen (secondary N) is 1. The molecule has 1 N–H and O–H groups in total. The van der Waals surface area contributed by atoms with E-state index in [1.54, 1.807) is 18.2 Å². The molecule has 1 aromatic heterocycles. The van der Waals surface area contributed by atoms with Gasteiger partial charge in [-0.1, -0.05) is 55.7 Å². The smallest absolute Gasteiger partial charge is 0.123 e. The maximum atomic E-state index is 13.9. The molecule has 0 atom stereocenters. The van der Waals surface area contributed by atoms with Gasteiger partial charge in [-0.05, 0) is 29.8 Å². The van der Waals surface area contributed by atoms with Gasteiger partial charge in [-0.3, -0.25) is 9.80 Å². The van der Waals surface area contributed by atoms with Crippen LogP contribution in [0.1, 0.15) is 5.82 Å². The van der Waals surface area contributed by atoms with Crippen molar-refractivity contribution in [3.8, 4) is 22.5 Å². The third-order valence-corrected chi connectivity index (χ3v) is 5.80. The largest absolute Gasteiger partial charge is 0.340 e. The molecule has 2 aromatic carbocycles. The second kappa shape index (κ2) is 10.5. The van der Waals surface area contributed by atoms with Crippen LogP contribution in [0.5, 0.6) is 0 Å². The lowest BCUT2D eigenvalue weighted by Gasteiger charge is -2.34. The predicted octanol–water partition coefficient (Wildman–Crippen LogP) is 5.44. The number of piperazine rings is 1. The first-order valence-corrected chi connectivity index (χ1v) is 11.0. The van der Waals surface area contributed by atoms with Crippen molar-refractivity contribution in [2.75, 3.05) is 32.7 Å². The van der Waals surface area contributed by atoms with E-state index in [0.29, 0.717) is 29.1 Å². The van der Waals surface area contributed by atoms with Gasteiger partial charge in [-0.2, -0.15) is 0 Å². The Morgan fingerprint density at radius 1 is 0.939 bits per heavy atom. The lowest BCUT2D eigenvalue weighted by Crippen LogP contribution is -2.46. The highest BCUT2D eigenvalue weighted by Crippen LogP contribution is 2.31. The van der Waals surface area contributed by atoms with Gasteiger partial charge < -0.3 is 4.98 Å². The van der Waals surface area contributed by atoms with Crippen LogP contribution in [0.2, 0.25) is 0 Å². The highest BCUT2D eigenvalue weighted by Gasteiger charge is 2.20. The Morgan fingerprint density at radius 2 is 1.58 bits per heavy atom. The Labute approximate surface area is 193 Å². The molecule has 170 valence electrons. The van der Waals surface area contributed by atoms with Gasteiger partial charge in [-0.25, -0.2) is 13.8 Å². The fraction of sp³-hybridized carbons (Fsp3) is 0.222. The van der Waals surface area contributed by atoms with E-state index in [0.717, 1.165) is 44.1 Å². The normalized spacial score (nSPS) is 15.5. The molecule has 1 saturated heterocycles. The number of allylic oxidation sites excluding steroid dienone is 2. The lowest BCUT2D eigenvalue weighted by atomic mass is 10.0. The monoisotopic (exact) mass is 446 g/mol. The van der Waals surface area contributed by atoms with E-state index in [4.69, 9.17) is 4.98 Å². The zero-order valence-corrected chi connectivity index (χ0v) is 18.6. The molecule has 4 rings (SSSR count). The molecule has 0 unspecified atom stereocenters. The van der Waals surface area contributed by atoms with Gasteiger partial charge in [0.2, 0.25) is 0 Å². The number of hydrogen-bond acceptors (Lipinski definition) is 3. The van der Waals surface area contributed by atoms with Crippen molar-refractivity contribution in [1.82, 2.24) is 19.8 Å². The van der Waals surface area contributed by atoms with E-state index in [-0.39, 0.29) is 11.6 Å². The van der Waals surface area contributed by atoms with E-state index in [1.807, 2.05) is 24.3 Å². The number of halogens is 2. The van der Waals surface area contributed by atoms with Crippen molar-refractivity contribution >= 4 is 0 Å². The van der Waals surface area contributed by atoms with Gasteiger partial charge >= 0.3 is 0 Å². The van der Waals surface area contributed by atoms with Crippen LogP contribution in [-0.4, -0.2) is 52.5 Å². The molecule has 1 aliphatic rings. The van der Waals surface area contributed by atoms with Crippen molar-refractivity contribution in [2.24, 2.45) is 0 Å². The highest BCUT2D eigenvalue weighted by molar-refractivity contribution is 5.78. The summed E-state index contributed by atoms with van der Waals surface area (Å²) in [6, 6.07) is 12.7. The first kappa shape index (κ1) is 22.8. The van der Waals surface area contributed by atoms with Gasteiger partial charge in [0.05, 0.1) is 17.9 Å². The van der Waals surface area contributed by atoms with Gasteiger partial charge in [0.15, 0.2) is 0 Å². The van der Waals surface area contributed by atoms with Crippen LogP contribution in [0.25, 0.3) is 22.5 Å². The zero-order chi connectivity index (χ0) is 23.2. The molecule has 1 fully saturated rings. The number of rotatable bonds is 8. The van der Waals surface area contributed by atoms with Crippen LogP contribution in [0.4, 0.5) is 8.78 Å². The van der Waals surface area contributed by atoms with Crippen LogP contribution in [0, 0.1) is 11.6 Å². The number of aromatic nitrogens is 2. The Balaban J connectivity index is 1.52. The standard InChI is InChI=1S/C27H28F2N4/c1-3-7-20(4-2)18-32-12-14-33(15-13-32)19-25-30-26(21-8-5-10-23(28)16-21)27(31-25)22-9-6-11-24(29)17-22/h3-11,16-17H,1-2,12-15,18-19H2,(H,30,31)/b20-7+. The van der Waals surface area contributed by atoms with E-state index >= 15 is 0 Å². The topological polar surface area (TPSA) is 35.2 Å². The molecule has 0 aliphatic carbocycles. The highest BCUT2D eigenvalue weighted by atomic mass is 19.1. The Kier molecular flexibility index (Phi) is 7.27. The van der Waals surface area contributed by atoms with E-state index in [2.05, 4.69) is 27.9 Å². The van der Waals surface area contributed by atoms with Crippen LogP contribution in [0.3, 0.4) is 0 Å². The molecule has 0 amide bonds. The minimum absolute atomic E-state index is 0.325. The van der Waals surface area contributed by atoms with Gasteiger partial charge in [0, 0.05) is 43.9 Å². The van der Waals surface area contributed by atoms with Crippen LogP contribution in [0.15, 0.2) is 85.5 Å². The molecule has 33 heavy (non-hydrogen) atoms. The third-order valence-electron chi connectivity index (χ3n) is 5.80. The predicted molar refractivity (Wildman–Crippen MR) is 130 cm³/mol. The number of nitrogens with zero attached hydrogens (tertiary/aromatic N) is 3. The number of H-pyrrole nitrogens is 1. The lowest BCUT2D eigenvalue weighted by molar-refractivity contribution is 0.133. The minimum atomic E-state index is -0.331. The summed E-state index contributed by atoms with van der Waals surface area (Å²) in [5.41, 5.74) is 3.82. The Bertz CT molecular complexity index is 1090. The summed E-state index contributed by atoms with van der Waals surface area (Å²) in [6.45, 7) is 12.8. The number of hydrogen-bond donors (Lipinski definition) is 1. The SMILES string of the molecule is C=C/C=C(\C=C)CN1CCN(Cc2nc(-c3cccc(F)c3)c(-c3cccc(F)c3)[nH]2)CC1. The number of benzene rings is 2. The Hall–Kier alpha value is -3.35. The van der Waals surface area contributed by atoms with Crippen molar-refractivity contribution < 1.29 is 8.78 Å².